The van der Waals surface area contributed by atoms with Gasteiger partial charge in [-0.2, -0.15) is 0 Å². The highest BCUT2D eigenvalue weighted by atomic mass is 16.5. The van der Waals surface area contributed by atoms with Gasteiger partial charge in [-0.1, -0.05) is 12.1 Å². The summed E-state index contributed by atoms with van der Waals surface area (Å²) in [7, 11) is 1.44. The fraction of sp³-hybridized carbons (Fsp3) is 0.412. The fourth-order valence-electron chi connectivity index (χ4n) is 3.18. The van der Waals surface area contributed by atoms with Crippen LogP contribution in [-0.4, -0.2) is 35.0 Å². The van der Waals surface area contributed by atoms with E-state index in [1.807, 2.05) is 0 Å². The zero-order valence-corrected chi connectivity index (χ0v) is 12.5. The van der Waals surface area contributed by atoms with E-state index in [0.29, 0.717) is 24.2 Å². The van der Waals surface area contributed by atoms with Gasteiger partial charge in [-0.05, 0) is 37.5 Å². The summed E-state index contributed by atoms with van der Waals surface area (Å²) in [5.41, 5.74) is -0.00198. The molecule has 1 aromatic rings. The molecule has 3 rings (SSSR count). The number of fused-ring (bicyclic) bond motifs is 1. The van der Waals surface area contributed by atoms with Gasteiger partial charge in [-0.25, -0.2) is 0 Å². The maximum Gasteiger partial charge on any atom is 0.179 e. The number of aromatic hydroxyl groups is 1. The normalized spacial score (nSPS) is 27.9. The van der Waals surface area contributed by atoms with Gasteiger partial charge < -0.3 is 14.9 Å². The number of ketones is 2. The van der Waals surface area contributed by atoms with Gasteiger partial charge in [0, 0.05) is 0 Å². The molecular weight excluding hydrogens is 284 g/mol. The number of benzene rings is 1. The summed E-state index contributed by atoms with van der Waals surface area (Å²) in [5.74, 6) is -0.472. The Bertz CT molecular complexity index is 673. The van der Waals surface area contributed by atoms with Crippen LogP contribution in [0.2, 0.25) is 0 Å². The van der Waals surface area contributed by atoms with Crippen molar-refractivity contribution in [2.24, 2.45) is 11.3 Å². The molecule has 5 heteroatoms. The van der Waals surface area contributed by atoms with Crippen molar-refractivity contribution in [1.82, 2.24) is 0 Å². The molecule has 0 amide bonds. The van der Waals surface area contributed by atoms with E-state index in [1.54, 1.807) is 24.3 Å². The molecule has 2 aliphatic rings. The first kappa shape index (κ1) is 14.8. The van der Waals surface area contributed by atoms with Crippen molar-refractivity contribution in [3.05, 3.63) is 41.2 Å². The van der Waals surface area contributed by atoms with Crippen LogP contribution in [0.4, 0.5) is 0 Å². The third-order valence-electron chi connectivity index (χ3n) is 4.75. The zero-order chi connectivity index (χ0) is 16.1. The molecule has 0 bridgehead atoms. The molecule has 2 N–H and O–H groups in total. The lowest BCUT2D eigenvalue weighted by Crippen LogP contribution is -2.44. The number of rotatable bonds is 5. The number of aryl methyl sites for hydroxylation is 1. The number of methoxy groups -OCH3 is 1. The highest BCUT2D eigenvalue weighted by molar-refractivity contribution is 6.29. The molecule has 0 saturated heterocycles. The lowest BCUT2D eigenvalue weighted by atomic mass is 9.76. The highest BCUT2D eigenvalue weighted by Crippen LogP contribution is 2.55. The van der Waals surface area contributed by atoms with E-state index in [-0.39, 0.29) is 17.3 Å². The summed E-state index contributed by atoms with van der Waals surface area (Å²) >= 11 is 0. The number of hydrogen-bond acceptors (Lipinski definition) is 5. The van der Waals surface area contributed by atoms with Crippen LogP contribution in [0.5, 0.6) is 5.75 Å². The maximum atomic E-state index is 12.4. The number of phenols is 1. The Kier molecular flexibility index (Phi) is 3.33. The van der Waals surface area contributed by atoms with E-state index in [0.717, 1.165) is 5.56 Å². The molecule has 2 aliphatic carbocycles. The van der Waals surface area contributed by atoms with Crippen molar-refractivity contribution >= 4 is 11.6 Å². The minimum atomic E-state index is -1.36. The van der Waals surface area contributed by atoms with E-state index in [9.17, 15) is 19.8 Å². The van der Waals surface area contributed by atoms with Crippen LogP contribution in [0.25, 0.3) is 0 Å². The summed E-state index contributed by atoms with van der Waals surface area (Å²) < 4.78 is 5.02. The van der Waals surface area contributed by atoms with Crippen LogP contribution in [0.15, 0.2) is 35.6 Å². The van der Waals surface area contributed by atoms with Gasteiger partial charge in [0.25, 0.3) is 0 Å². The number of Topliss-reactive ketones (excluding diaryl/α,β-unsaturated/α-hetero) is 2. The topological polar surface area (TPSA) is 83.8 Å². The molecular formula is C17H18O5. The first-order valence-corrected chi connectivity index (χ1v) is 7.24. The largest absolute Gasteiger partial charge is 0.508 e. The quantitative estimate of drug-likeness (QED) is 0.803. The molecule has 3 unspecified atom stereocenters. The Morgan fingerprint density at radius 2 is 1.91 bits per heavy atom. The van der Waals surface area contributed by atoms with Crippen LogP contribution >= 0.6 is 0 Å². The summed E-state index contributed by atoms with van der Waals surface area (Å²) in [5, 5.41) is 19.7. The second kappa shape index (κ2) is 4.95. The maximum absolute atomic E-state index is 12.4. The average Bonchev–Trinajstić information content (AvgIpc) is 3.21. The molecule has 0 heterocycles. The predicted molar refractivity (Wildman–Crippen MR) is 78.1 cm³/mol. The van der Waals surface area contributed by atoms with Crippen LogP contribution in [0, 0.1) is 11.3 Å². The number of carbonyl (C=O) groups is 2. The number of phenolic OH excluding ortho intramolecular Hbond substituents is 1. The Balaban J connectivity index is 1.71. The van der Waals surface area contributed by atoms with E-state index >= 15 is 0 Å². The van der Waals surface area contributed by atoms with Gasteiger partial charge in [-0.3, -0.25) is 9.59 Å². The standard InChI is InChI=1S/C17H18O5/c1-17(15(20)12-13(16(17)21)14(12)22-2)11(19)8-5-9-3-6-10(18)7-4-9/h3-4,6-7,11-12,18-19H,5,8H2,1-2H3. The van der Waals surface area contributed by atoms with Crippen molar-refractivity contribution in [2.75, 3.05) is 7.11 Å². The Morgan fingerprint density at radius 1 is 1.27 bits per heavy atom. The molecule has 3 atom stereocenters. The first-order valence-electron chi connectivity index (χ1n) is 7.24. The number of hydrogen-bond donors (Lipinski definition) is 2. The second-order valence-corrected chi connectivity index (χ2v) is 6.03. The van der Waals surface area contributed by atoms with Gasteiger partial charge >= 0.3 is 0 Å². The van der Waals surface area contributed by atoms with Gasteiger partial charge in [0.15, 0.2) is 11.6 Å². The second-order valence-electron chi connectivity index (χ2n) is 6.03. The minimum Gasteiger partial charge on any atom is -0.508 e. The van der Waals surface area contributed by atoms with Crippen molar-refractivity contribution in [3.63, 3.8) is 0 Å². The van der Waals surface area contributed by atoms with Crippen LogP contribution in [-0.2, 0) is 20.7 Å². The third-order valence-corrected chi connectivity index (χ3v) is 4.75. The van der Waals surface area contributed by atoms with Crippen LogP contribution in [0.1, 0.15) is 18.9 Å². The molecule has 22 heavy (non-hydrogen) atoms. The number of aliphatic hydroxyl groups is 1. The fourth-order valence-corrected chi connectivity index (χ4v) is 3.18. The number of ether oxygens (including phenoxy) is 1. The van der Waals surface area contributed by atoms with Gasteiger partial charge in [-0.15, -0.1) is 0 Å². The minimum absolute atomic E-state index is 0.177. The predicted octanol–water partition coefficient (Wildman–Crippen LogP) is 1.37. The monoisotopic (exact) mass is 302 g/mol. The van der Waals surface area contributed by atoms with E-state index < -0.39 is 17.4 Å². The smallest absolute Gasteiger partial charge is 0.179 e. The highest BCUT2D eigenvalue weighted by Gasteiger charge is 2.67. The lowest BCUT2D eigenvalue weighted by Gasteiger charge is -2.28. The first-order chi connectivity index (χ1) is 10.4. The van der Waals surface area contributed by atoms with E-state index in [1.165, 1.54) is 14.0 Å². The summed E-state index contributed by atoms with van der Waals surface area (Å²) in [6, 6.07) is 6.65. The number of aliphatic hydroxyl groups excluding tert-OH is 1. The third kappa shape index (κ3) is 1.96. The summed E-state index contributed by atoms with van der Waals surface area (Å²) in [6.07, 6.45) is -0.195. The molecule has 1 fully saturated rings. The Morgan fingerprint density at radius 3 is 2.41 bits per heavy atom. The van der Waals surface area contributed by atoms with Crippen LogP contribution < -0.4 is 0 Å². The Labute approximate surface area is 128 Å². The summed E-state index contributed by atoms with van der Waals surface area (Å²) in [4.78, 5) is 24.8. The zero-order valence-electron chi connectivity index (χ0n) is 12.5. The van der Waals surface area contributed by atoms with E-state index in [4.69, 9.17) is 4.74 Å². The summed E-state index contributed by atoms with van der Waals surface area (Å²) in [6.45, 7) is 1.52. The number of carbonyl (C=O) groups excluding carboxylic acids is 2. The lowest BCUT2D eigenvalue weighted by molar-refractivity contribution is -0.142. The molecule has 0 spiro atoms. The molecule has 1 saturated carbocycles. The SMILES string of the molecule is COC1=C2C(=O)C(C)(C(O)CCc3ccc(O)cc3)C(=O)C12. The molecule has 1 aromatic carbocycles. The van der Waals surface area contributed by atoms with Gasteiger partial charge in [0.05, 0.1) is 18.8 Å². The van der Waals surface area contributed by atoms with Crippen molar-refractivity contribution < 1.29 is 24.5 Å². The molecule has 116 valence electrons. The van der Waals surface area contributed by atoms with Crippen molar-refractivity contribution in [3.8, 4) is 5.75 Å². The van der Waals surface area contributed by atoms with E-state index in [2.05, 4.69) is 0 Å². The van der Waals surface area contributed by atoms with Crippen molar-refractivity contribution in [2.45, 2.75) is 25.9 Å². The van der Waals surface area contributed by atoms with Gasteiger partial charge in [0.1, 0.15) is 22.8 Å². The van der Waals surface area contributed by atoms with Crippen molar-refractivity contribution in [1.29, 1.82) is 0 Å². The average molecular weight is 302 g/mol. The molecule has 0 radical (unpaired) electrons. The van der Waals surface area contributed by atoms with Gasteiger partial charge in [0.2, 0.25) is 0 Å². The number of allylic oxidation sites excluding steroid dienone is 2. The molecule has 0 aromatic heterocycles. The molecule has 5 nitrogen and oxygen atoms in total. The van der Waals surface area contributed by atoms with Crippen LogP contribution in [0.3, 0.4) is 0 Å². The molecule has 0 aliphatic heterocycles. The Hall–Kier alpha value is -2.14.